The zero-order valence-electron chi connectivity index (χ0n) is 6.44. The predicted molar refractivity (Wildman–Crippen MR) is 50.4 cm³/mol. The van der Waals surface area contributed by atoms with Crippen LogP contribution in [0.15, 0.2) is 0 Å². The topological polar surface area (TPSA) is 118 Å². The van der Waals surface area contributed by atoms with Crippen molar-refractivity contribution < 1.29 is 24.6 Å². The zero-order chi connectivity index (χ0) is 10.6. The predicted octanol–water partition coefficient (Wildman–Crippen LogP) is -0.549. The van der Waals surface area contributed by atoms with E-state index in [4.69, 9.17) is 15.9 Å². The standard InChI is InChI=1S/C6H8INO5/c7-4(9)3(8)1-2(5(10)11)6(12)13/h2-3H,1,8H2,(H,10,11)(H,12,13)/t3-/m0/s1. The second-order valence-corrected chi connectivity index (χ2v) is 3.44. The van der Waals surface area contributed by atoms with Gasteiger partial charge in [0.25, 0.3) is 0 Å². The molecule has 0 unspecified atom stereocenters. The molecule has 7 heteroatoms. The molecule has 4 N–H and O–H groups in total. The Hall–Kier alpha value is -0.700. The van der Waals surface area contributed by atoms with Gasteiger partial charge >= 0.3 is 11.9 Å². The molecule has 74 valence electrons. The summed E-state index contributed by atoms with van der Waals surface area (Å²) >= 11 is 1.40. The third kappa shape index (κ3) is 4.18. The molecule has 0 saturated carbocycles. The number of carboxylic acids is 2. The molecule has 0 rings (SSSR count). The number of rotatable bonds is 5. The van der Waals surface area contributed by atoms with Gasteiger partial charge in [-0.25, -0.2) is 0 Å². The zero-order valence-corrected chi connectivity index (χ0v) is 8.59. The van der Waals surface area contributed by atoms with Crippen molar-refractivity contribution in [2.45, 2.75) is 12.5 Å². The van der Waals surface area contributed by atoms with Gasteiger partial charge in [-0.1, -0.05) is 0 Å². The Bertz CT molecular complexity index is 227. The van der Waals surface area contributed by atoms with E-state index >= 15 is 0 Å². The summed E-state index contributed by atoms with van der Waals surface area (Å²) in [4.78, 5) is 31.3. The maximum atomic E-state index is 10.6. The minimum Gasteiger partial charge on any atom is -0.481 e. The van der Waals surface area contributed by atoms with Gasteiger partial charge in [-0.3, -0.25) is 14.4 Å². The van der Waals surface area contributed by atoms with Crippen molar-refractivity contribution in [1.29, 1.82) is 0 Å². The van der Waals surface area contributed by atoms with Gasteiger partial charge in [0.15, 0.2) is 5.92 Å². The maximum absolute atomic E-state index is 10.6. The Labute approximate surface area is 87.2 Å². The number of nitrogens with two attached hydrogens (primary N) is 1. The molecule has 0 aliphatic heterocycles. The lowest BCUT2D eigenvalue weighted by atomic mass is 10.0. The Balaban J connectivity index is 4.35. The van der Waals surface area contributed by atoms with Crippen LogP contribution in [0.25, 0.3) is 0 Å². The second kappa shape index (κ2) is 5.12. The van der Waals surface area contributed by atoms with Crippen molar-refractivity contribution in [2.75, 3.05) is 0 Å². The van der Waals surface area contributed by atoms with E-state index in [1.165, 1.54) is 22.6 Å². The van der Waals surface area contributed by atoms with E-state index < -0.39 is 27.7 Å². The fourth-order valence-electron chi connectivity index (χ4n) is 0.654. The first-order valence-corrected chi connectivity index (χ1v) is 4.34. The molecule has 0 aromatic heterocycles. The van der Waals surface area contributed by atoms with Crippen molar-refractivity contribution in [3.63, 3.8) is 0 Å². The van der Waals surface area contributed by atoms with Gasteiger partial charge in [0.1, 0.15) is 0 Å². The Kier molecular flexibility index (Phi) is 4.85. The van der Waals surface area contributed by atoms with Crippen molar-refractivity contribution >= 4 is 38.3 Å². The fraction of sp³-hybridized carbons (Fsp3) is 0.500. The highest BCUT2D eigenvalue weighted by molar-refractivity contribution is 14.1. The highest BCUT2D eigenvalue weighted by atomic mass is 127. The monoisotopic (exact) mass is 301 g/mol. The largest absolute Gasteiger partial charge is 0.481 e. The summed E-state index contributed by atoms with van der Waals surface area (Å²) in [6, 6.07) is -1.04. The molecule has 0 aromatic rings. The molecule has 6 nitrogen and oxygen atoms in total. The Morgan fingerprint density at radius 1 is 1.23 bits per heavy atom. The number of hydrogen-bond donors (Lipinski definition) is 3. The number of halogens is 1. The third-order valence-corrected chi connectivity index (χ3v) is 2.18. The molecule has 0 saturated heterocycles. The van der Waals surface area contributed by atoms with Gasteiger partial charge in [0, 0.05) is 22.6 Å². The molecule has 0 aromatic carbocycles. The highest BCUT2D eigenvalue weighted by Crippen LogP contribution is 2.09. The number of carboxylic acid groups (broad SMARTS) is 2. The van der Waals surface area contributed by atoms with Crippen molar-refractivity contribution in [3.05, 3.63) is 0 Å². The fourth-order valence-corrected chi connectivity index (χ4v) is 0.908. The Morgan fingerprint density at radius 2 is 1.62 bits per heavy atom. The van der Waals surface area contributed by atoms with E-state index in [0.717, 1.165) is 0 Å². The van der Waals surface area contributed by atoms with Crippen LogP contribution in [0.1, 0.15) is 6.42 Å². The summed E-state index contributed by atoms with van der Waals surface area (Å²) < 4.78 is -0.454. The normalized spacial score (nSPS) is 12.5. The average molecular weight is 301 g/mol. The third-order valence-electron chi connectivity index (χ3n) is 1.38. The lowest BCUT2D eigenvalue weighted by molar-refractivity contribution is -0.154. The summed E-state index contributed by atoms with van der Waals surface area (Å²) in [5, 5.41) is 16.8. The van der Waals surface area contributed by atoms with Crippen LogP contribution >= 0.6 is 22.6 Å². The van der Waals surface area contributed by atoms with Gasteiger partial charge < -0.3 is 15.9 Å². The molecule has 0 spiro atoms. The summed E-state index contributed by atoms with van der Waals surface area (Å²) in [5.74, 6) is -4.59. The average Bonchev–Trinajstić information content (AvgIpc) is 1.97. The number of carbonyl (C=O) groups is 3. The van der Waals surface area contributed by atoms with E-state index in [1.54, 1.807) is 0 Å². The molecule has 13 heavy (non-hydrogen) atoms. The molecular formula is C6H8INO5. The Morgan fingerprint density at radius 3 is 1.85 bits per heavy atom. The minimum atomic E-state index is -1.62. The molecule has 0 aliphatic rings. The molecular weight excluding hydrogens is 293 g/mol. The first kappa shape index (κ1) is 12.3. The summed E-state index contributed by atoms with van der Waals surface area (Å²) in [6.07, 6.45) is -0.383. The van der Waals surface area contributed by atoms with E-state index in [0.29, 0.717) is 0 Å². The number of hydrogen-bond acceptors (Lipinski definition) is 4. The van der Waals surface area contributed by atoms with E-state index in [-0.39, 0.29) is 6.42 Å². The van der Waals surface area contributed by atoms with Gasteiger partial charge in [0.05, 0.1) is 6.04 Å². The van der Waals surface area contributed by atoms with Gasteiger partial charge in [-0.05, 0) is 6.42 Å². The lowest BCUT2D eigenvalue weighted by Crippen LogP contribution is -2.35. The van der Waals surface area contributed by atoms with Crippen LogP contribution in [0.2, 0.25) is 0 Å². The van der Waals surface area contributed by atoms with Crippen molar-refractivity contribution in [2.24, 2.45) is 11.7 Å². The van der Waals surface area contributed by atoms with Crippen LogP contribution in [0.4, 0.5) is 0 Å². The SMILES string of the molecule is N[C@@H](CC(C(=O)O)C(=O)O)C(=O)I. The molecule has 0 aliphatic carbocycles. The molecule has 0 fully saturated rings. The first-order valence-electron chi connectivity index (χ1n) is 3.26. The van der Waals surface area contributed by atoms with Crippen molar-refractivity contribution in [3.8, 4) is 0 Å². The first-order chi connectivity index (χ1) is 5.86. The molecule has 0 bridgehead atoms. The summed E-state index contributed by atoms with van der Waals surface area (Å²) in [5.41, 5.74) is 5.21. The van der Waals surface area contributed by atoms with Crippen LogP contribution in [0.3, 0.4) is 0 Å². The summed E-state index contributed by atoms with van der Waals surface area (Å²) in [7, 11) is 0. The van der Waals surface area contributed by atoms with Crippen molar-refractivity contribution in [1.82, 2.24) is 0 Å². The quantitative estimate of drug-likeness (QED) is 0.356. The van der Waals surface area contributed by atoms with Gasteiger partial charge in [0.2, 0.25) is 3.79 Å². The van der Waals surface area contributed by atoms with Gasteiger partial charge in [-0.2, -0.15) is 0 Å². The highest BCUT2D eigenvalue weighted by Gasteiger charge is 2.29. The van der Waals surface area contributed by atoms with Gasteiger partial charge in [-0.15, -0.1) is 0 Å². The van der Waals surface area contributed by atoms with E-state index in [2.05, 4.69) is 0 Å². The summed E-state index contributed by atoms with van der Waals surface area (Å²) in [6.45, 7) is 0. The lowest BCUT2D eigenvalue weighted by Gasteiger charge is -2.10. The van der Waals surface area contributed by atoms with Crippen LogP contribution in [0, 0.1) is 5.92 Å². The van der Waals surface area contributed by atoms with E-state index in [9.17, 15) is 14.4 Å². The number of carbonyl (C=O) groups excluding carboxylic acids is 1. The maximum Gasteiger partial charge on any atom is 0.317 e. The van der Waals surface area contributed by atoms with Crippen LogP contribution < -0.4 is 5.73 Å². The molecule has 0 radical (unpaired) electrons. The smallest absolute Gasteiger partial charge is 0.317 e. The second-order valence-electron chi connectivity index (χ2n) is 2.38. The van der Waals surface area contributed by atoms with Crippen LogP contribution in [0.5, 0.6) is 0 Å². The molecule has 1 atom stereocenters. The van der Waals surface area contributed by atoms with Crippen LogP contribution in [-0.2, 0) is 14.4 Å². The van der Waals surface area contributed by atoms with Crippen LogP contribution in [-0.4, -0.2) is 32.0 Å². The van der Waals surface area contributed by atoms with E-state index in [1.807, 2.05) is 0 Å². The molecule has 0 heterocycles. The minimum absolute atomic E-state index is 0.383. The molecule has 0 amide bonds. The number of aliphatic carboxylic acids is 2.